The van der Waals surface area contributed by atoms with Gasteiger partial charge in [-0.15, -0.1) is 0 Å². The summed E-state index contributed by atoms with van der Waals surface area (Å²) >= 11 is 0. The molecule has 0 spiro atoms. The van der Waals surface area contributed by atoms with Crippen molar-refractivity contribution in [1.82, 2.24) is 9.13 Å². The molecule has 0 radical (unpaired) electrons. The second-order valence-corrected chi connectivity index (χ2v) is 14.1. The summed E-state index contributed by atoms with van der Waals surface area (Å²) in [6.45, 7) is 6.05. The van der Waals surface area contributed by atoms with Crippen molar-refractivity contribution in [3.63, 3.8) is 0 Å². The highest BCUT2D eigenvalue weighted by molar-refractivity contribution is 6.62. The molecule has 4 saturated carbocycles. The minimum atomic E-state index is -2.74. The van der Waals surface area contributed by atoms with Gasteiger partial charge in [-0.2, -0.15) is 0 Å². The third kappa shape index (κ3) is 6.25. The lowest BCUT2D eigenvalue weighted by Crippen LogP contribution is -2.78. The second kappa shape index (κ2) is 13.4. The Balaban J connectivity index is 1.77. The van der Waals surface area contributed by atoms with Crippen LogP contribution in [0.25, 0.3) is 0 Å². The fourth-order valence-electron chi connectivity index (χ4n) is 7.81. The SMILES string of the molecule is CCO[Si](OCC)(N(C1CCCCC1)C1CCCCC1)N(C1CCCCC1)C1CCCCC1. The van der Waals surface area contributed by atoms with Crippen molar-refractivity contribution < 1.29 is 8.85 Å². The molecule has 0 aromatic carbocycles. The van der Waals surface area contributed by atoms with Crippen molar-refractivity contribution in [1.29, 1.82) is 0 Å². The standard InChI is InChI=1S/C28H54N2O2Si/c1-3-31-33(32-4-2,29(25-17-9-5-10-18-25)26-19-11-6-12-20-26)30(27-21-13-7-14-22-27)28-23-15-8-16-24-28/h25-28H,3-24H2,1-2H3. The molecule has 0 unspecified atom stereocenters. The van der Waals surface area contributed by atoms with Crippen molar-refractivity contribution in [3.05, 3.63) is 0 Å². The van der Waals surface area contributed by atoms with E-state index in [0.29, 0.717) is 24.2 Å². The second-order valence-electron chi connectivity index (χ2n) is 11.4. The Labute approximate surface area is 206 Å². The Morgan fingerprint density at radius 1 is 0.455 bits per heavy atom. The van der Waals surface area contributed by atoms with Crippen LogP contribution in [0.2, 0.25) is 0 Å². The summed E-state index contributed by atoms with van der Waals surface area (Å²) in [5, 5.41) is 0. The highest BCUT2D eigenvalue weighted by Gasteiger charge is 2.59. The molecule has 5 heteroatoms. The number of hydrogen-bond acceptors (Lipinski definition) is 4. The summed E-state index contributed by atoms with van der Waals surface area (Å²) < 4.78 is 20.4. The molecular formula is C28H54N2O2Si. The Morgan fingerprint density at radius 2 is 0.697 bits per heavy atom. The lowest BCUT2D eigenvalue weighted by Gasteiger charge is -2.57. The Bertz CT molecular complexity index is 454. The zero-order valence-corrected chi connectivity index (χ0v) is 23.1. The maximum atomic E-state index is 7.18. The van der Waals surface area contributed by atoms with Crippen LogP contribution in [-0.4, -0.2) is 55.4 Å². The third-order valence-electron chi connectivity index (χ3n) is 9.19. The summed E-state index contributed by atoms with van der Waals surface area (Å²) in [6, 6.07) is 2.67. The van der Waals surface area contributed by atoms with E-state index < -0.39 is 8.88 Å². The Morgan fingerprint density at radius 3 is 0.909 bits per heavy atom. The molecule has 4 aliphatic rings. The van der Waals surface area contributed by atoms with Gasteiger partial charge >= 0.3 is 8.88 Å². The minimum absolute atomic E-state index is 0.668. The molecule has 0 aliphatic heterocycles. The number of nitrogens with zero attached hydrogens (tertiary/aromatic N) is 2. The van der Waals surface area contributed by atoms with Crippen molar-refractivity contribution in [2.24, 2.45) is 0 Å². The molecule has 4 aliphatic carbocycles. The maximum Gasteiger partial charge on any atom is 0.523 e. The van der Waals surface area contributed by atoms with Crippen LogP contribution in [0.15, 0.2) is 0 Å². The normalized spacial score (nSPS) is 25.8. The van der Waals surface area contributed by atoms with Crippen molar-refractivity contribution in [2.45, 2.75) is 166 Å². The molecule has 33 heavy (non-hydrogen) atoms. The summed E-state index contributed by atoms with van der Waals surface area (Å²) in [6.07, 6.45) is 27.7. The summed E-state index contributed by atoms with van der Waals surface area (Å²) in [7, 11) is -2.74. The lowest BCUT2D eigenvalue weighted by atomic mass is 9.90. The zero-order chi connectivity index (χ0) is 22.9. The predicted octanol–water partition coefficient (Wildman–Crippen LogP) is 7.43. The van der Waals surface area contributed by atoms with Crippen molar-refractivity contribution >= 4 is 8.88 Å². The number of hydrogen-bond donors (Lipinski definition) is 0. The van der Waals surface area contributed by atoms with Crippen LogP contribution in [0.1, 0.15) is 142 Å². The molecule has 0 aromatic heterocycles. The maximum absolute atomic E-state index is 7.18. The summed E-state index contributed by atoms with van der Waals surface area (Å²) in [5.41, 5.74) is 0. The van der Waals surface area contributed by atoms with Gasteiger partial charge < -0.3 is 8.85 Å². The van der Waals surface area contributed by atoms with Crippen molar-refractivity contribution in [3.8, 4) is 0 Å². The molecule has 0 N–H and O–H groups in total. The largest absolute Gasteiger partial charge is 0.523 e. The molecule has 0 atom stereocenters. The van der Waals surface area contributed by atoms with Gasteiger partial charge in [0.1, 0.15) is 0 Å². The van der Waals surface area contributed by atoms with E-state index in [4.69, 9.17) is 8.85 Å². The van der Waals surface area contributed by atoms with Crippen LogP contribution in [0.4, 0.5) is 0 Å². The van der Waals surface area contributed by atoms with E-state index in [1.54, 1.807) is 0 Å². The predicted molar refractivity (Wildman–Crippen MR) is 140 cm³/mol. The van der Waals surface area contributed by atoms with E-state index in [-0.39, 0.29) is 0 Å². The first-order chi connectivity index (χ1) is 16.3. The molecule has 4 rings (SSSR count). The number of rotatable bonds is 10. The molecule has 192 valence electrons. The fraction of sp³-hybridized carbons (Fsp3) is 1.00. The summed E-state index contributed by atoms with van der Waals surface area (Å²) in [4.78, 5) is 0. The van der Waals surface area contributed by atoms with E-state index in [1.807, 2.05) is 0 Å². The van der Waals surface area contributed by atoms with Gasteiger partial charge in [-0.3, -0.25) is 9.13 Å². The smallest absolute Gasteiger partial charge is 0.371 e. The topological polar surface area (TPSA) is 24.9 Å². The quantitative estimate of drug-likeness (QED) is 0.305. The third-order valence-corrected chi connectivity index (χ3v) is 13.3. The zero-order valence-electron chi connectivity index (χ0n) is 22.1. The molecule has 0 heterocycles. The molecule has 0 amide bonds. The van der Waals surface area contributed by atoms with Crippen LogP contribution < -0.4 is 0 Å². The van der Waals surface area contributed by atoms with Crippen LogP contribution in [-0.2, 0) is 8.85 Å². The average molecular weight is 479 g/mol. The molecule has 0 bridgehead atoms. The summed E-state index contributed by atoms with van der Waals surface area (Å²) in [5.74, 6) is 0. The Hall–Kier alpha value is 0.0569. The first-order valence-corrected chi connectivity index (χ1v) is 16.9. The van der Waals surface area contributed by atoms with Crippen LogP contribution in [0, 0.1) is 0 Å². The van der Waals surface area contributed by atoms with Crippen LogP contribution in [0.3, 0.4) is 0 Å². The average Bonchev–Trinajstić information content (AvgIpc) is 2.87. The van der Waals surface area contributed by atoms with Gasteiger partial charge in [0.15, 0.2) is 0 Å². The van der Waals surface area contributed by atoms with Gasteiger partial charge in [-0.05, 0) is 65.2 Å². The molecule has 0 aromatic rings. The Kier molecular flexibility index (Phi) is 10.6. The minimum Gasteiger partial charge on any atom is -0.371 e. The van der Waals surface area contributed by atoms with Gasteiger partial charge in [-0.25, -0.2) is 0 Å². The van der Waals surface area contributed by atoms with Gasteiger partial charge in [0.05, 0.1) is 0 Å². The highest BCUT2D eigenvalue weighted by Crippen LogP contribution is 2.41. The van der Waals surface area contributed by atoms with E-state index >= 15 is 0 Å². The first-order valence-electron chi connectivity index (χ1n) is 15.1. The van der Waals surface area contributed by atoms with E-state index in [0.717, 1.165) is 13.2 Å². The molecule has 0 saturated heterocycles. The molecule has 4 fully saturated rings. The van der Waals surface area contributed by atoms with Gasteiger partial charge in [0, 0.05) is 37.4 Å². The molecule has 4 nitrogen and oxygen atoms in total. The van der Waals surface area contributed by atoms with Crippen LogP contribution >= 0.6 is 0 Å². The van der Waals surface area contributed by atoms with E-state index in [1.165, 1.54) is 128 Å². The van der Waals surface area contributed by atoms with E-state index in [9.17, 15) is 0 Å². The van der Waals surface area contributed by atoms with E-state index in [2.05, 4.69) is 23.0 Å². The van der Waals surface area contributed by atoms with Crippen LogP contribution in [0.5, 0.6) is 0 Å². The van der Waals surface area contributed by atoms with Gasteiger partial charge in [0.25, 0.3) is 0 Å². The first kappa shape index (κ1) is 26.1. The molecular weight excluding hydrogens is 424 g/mol. The lowest BCUT2D eigenvalue weighted by molar-refractivity contribution is -0.0191. The monoisotopic (exact) mass is 478 g/mol. The van der Waals surface area contributed by atoms with Gasteiger partial charge in [0.2, 0.25) is 0 Å². The highest BCUT2D eigenvalue weighted by atomic mass is 28.4. The van der Waals surface area contributed by atoms with Crippen molar-refractivity contribution in [2.75, 3.05) is 13.2 Å². The fourth-order valence-corrected chi connectivity index (χ4v) is 12.4. The van der Waals surface area contributed by atoms with Gasteiger partial charge in [-0.1, -0.05) is 77.0 Å².